The highest BCUT2D eigenvalue weighted by Gasteiger charge is 2.29. The third-order valence-electron chi connectivity index (χ3n) is 5.20. The van der Waals surface area contributed by atoms with Crippen molar-refractivity contribution in [1.29, 1.82) is 0 Å². The van der Waals surface area contributed by atoms with Gasteiger partial charge in [0.25, 0.3) is 15.9 Å². The van der Waals surface area contributed by atoms with Crippen molar-refractivity contribution in [3.63, 3.8) is 0 Å². The number of benzene rings is 3. The van der Waals surface area contributed by atoms with E-state index < -0.39 is 22.5 Å². The smallest absolute Gasteiger partial charge is 0.338 e. The van der Waals surface area contributed by atoms with Gasteiger partial charge in [0.05, 0.1) is 17.7 Å². The molecular weight excluding hydrogens is 522 g/mol. The van der Waals surface area contributed by atoms with Crippen LogP contribution in [0.15, 0.2) is 82.6 Å². The summed E-state index contributed by atoms with van der Waals surface area (Å²) in [6.45, 7) is 1.09. The van der Waals surface area contributed by atoms with E-state index in [1.54, 1.807) is 55.1 Å². The lowest BCUT2D eigenvalue weighted by Crippen LogP contribution is -2.39. The molecule has 0 saturated heterocycles. The summed E-state index contributed by atoms with van der Waals surface area (Å²) in [5, 5.41) is 0.0483. The van der Waals surface area contributed by atoms with Gasteiger partial charge in [0.1, 0.15) is 10.6 Å². The van der Waals surface area contributed by atoms with E-state index in [2.05, 4.69) is 0 Å². The molecule has 3 rings (SSSR count). The number of carbonyl (C=O) groups excluding carboxylic acids is 2. The number of amides is 1. The molecule has 0 aliphatic heterocycles. The molecule has 1 amide bonds. The number of ether oxygens (including phenoxy) is 2. The minimum Gasteiger partial charge on any atom is -0.484 e. The predicted octanol–water partition coefficient (Wildman–Crippen LogP) is 5.08. The molecule has 0 aliphatic rings. The van der Waals surface area contributed by atoms with Gasteiger partial charge < -0.3 is 9.47 Å². The van der Waals surface area contributed by atoms with Crippen LogP contribution in [0, 0.1) is 0 Å². The van der Waals surface area contributed by atoms with Crippen molar-refractivity contribution < 1.29 is 27.5 Å². The Bertz CT molecular complexity index is 1310. The number of likely N-dealkylation sites (N-methyl/N-ethyl adjacent to an activating group) is 1. The summed E-state index contributed by atoms with van der Waals surface area (Å²) in [6.07, 6.45) is 0.749. The first-order chi connectivity index (χ1) is 17.3. The number of thioether (sulfide) groups is 1. The van der Waals surface area contributed by atoms with Gasteiger partial charge >= 0.3 is 5.97 Å². The van der Waals surface area contributed by atoms with E-state index in [4.69, 9.17) is 21.1 Å². The van der Waals surface area contributed by atoms with Crippen LogP contribution in [0.2, 0.25) is 5.02 Å². The summed E-state index contributed by atoms with van der Waals surface area (Å²) in [4.78, 5) is 25.3. The third-order valence-corrected chi connectivity index (χ3v) is 8.67. The van der Waals surface area contributed by atoms with Gasteiger partial charge in [-0.1, -0.05) is 48.0 Å². The molecule has 3 aromatic rings. The molecule has 0 heterocycles. The number of nitrogens with zero attached hydrogens (tertiary/aromatic N) is 1. The molecule has 0 radical (unpaired) electrons. The summed E-state index contributed by atoms with van der Waals surface area (Å²) in [5.74, 6) is 0.137. The second kappa shape index (κ2) is 12.8. The van der Waals surface area contributed by atoms with E-state index in [0.29, 0.717) is 11.3 Å². The molecule has 10 heteroatoms. The van der Waals surface area contributed by atoms with Crippen molar-refractivity contribution in [3.8, 4) is 5.75 Å². The summed E-state index contributed by atoms with van der Waals surface area (Å²) >= 11 is 7.59. The Kier molecular flexibility index (Phi) is 9.81. The number of esters is 1. The van der Waals surface area contributed by atoms with Gasteiger partial charge in [0.2, 0.25) is 0 Å². The molecule has 0 atom stereocenters. The van der Waals surface area contributed by atoms with Crippen LogP contribution in [0.4, 0.5) is 0 Å². The lowest BCUT2D eigenvalue weighted by Gasteiger charge is -2.21. The number of sulfonamides is 1. The number of carbonyl (C=O) groups is 2. The quantitative estimate of drug-likeness (QED) is 0.244. The average Bonchev–Trinajstić information content (AvgIpc) is 2.88. The van der Waals surface area contributed by atoms with Crippen molar-refractivity contribution in [2.24, 2.45) is 0 Å². The summed E-state index contributed by atoms with van der Waals surface area (Å²) in [6, 6.07) is 20.5. The van der Waals surface area contributed by atoms with E-state index in [0.717, 1.165) is 26.9 Å². The largest absolute Gasteiger partial charge is 0.484 e. The maximum absolute atomic E-state index is 12.9. The SMILES string of the molecule is CCN(C(=O)COc1ccc(CCSc2ccccc2C(=O)OC)cc1)S(=O)(=O)c1ccccc1Cl. The molecule has 0 N–H and O–H groups in total. The number of methoxy groups -OCH3 is 1. The first kappa shape index (κ1) is 27.6. The second-order valence-corrected chi connectivity index (χ2v) is 10.9. The third kappa shape index (κ3) is 6.81. The van der Waals surface area contributed by atoms with E-state index in [1.807, 2.05) is 24.3 Å². The van der Waals surface area contributed by atoms with Gasteiger partial charge in [-0.2, -0.15) is 0 Å². The van der Waals surface area contributed by atoms with Crippen LogP contribution in [0.1, 0.15) is 22.8 Å². The number of hydrogen-bond donors (Lipinski definition) is 0. The first-order valence-corrected chi connectivity index (χ1v) is 13.9. The molecule has 0 unspecified atom stereocenters. The van der Waals surface area contributed by atoms with Crippen molar-refractivity contribution in [1.82, 2.24) is 4.31 Å². The van der Waals surface area contributed by atoms with E-state index in [9.17, 15) is 18.0 Å². The predicted molar refractivity (Wildman–Crippen MR) is 140 cm³/mol. The lowest BCUT2D eigenvalue weighted by atomic mass is 10.2. The average molecular weight is 548 g/mol. The van der Waals surface area contributed by atoms with Gasteiger partial charge in [-0.3, -0.25) is 4.79 Å². The fourth-order valence-corrected chi connectivity index (χ4v) is 6.30. The summed E-state index contributed by atoms with van der Waals surface area (Å²) in [5.41, 5.74) is 1.59. The fourth-order valence-electron chi connectivity index (χ4n) is 3.37. The topological polar surface area (TPSA) is 90.0 Å². The molecule has 3 aromatic carbocycles. The van der Waals surface area contributed by atoms with Gasteiger partial charge in [-0.25, -0.2) is 17.5 Å². The molecule has 0 aromatic heterocycles. The zero-order chi connectivity index (χ0) is 26.1. The van der Waals surface area contributed by atoms with Gasteiger partial charge in [0.15, 0.2) is 6.61 Å². The molecule has 0 aliphatic carbocycles. The Hall–Kier alpha value is -3.01. The Morgan fingerprint density at radius 1 is 0.972 bits per heavy atom. The van der Waals surface area contributed by atoms with Crippen LogP contribution in [0.5, 0.6) is 5.75 Å². The van der Waals surface area contributed by atoms with E-state index >= 15 is 0 Å². The van der Waals surface area contributed by atoms with Crippen molar-refractivity contribution >= 4 is 45.3 Å². The Balaban J connectivity index is 1.55. The minimum absolute atomic E-state index is 0.0483. The number of rotatable bonds is 11. The van der Waals surface area contributed by atoms with Gasteiger partial charge in [-0.05, 0) is 55.3 Å². The summed E-state index contributed by atoms with van der Waals surface area (Å²) < 4.78 is 36.9. The monoisotopic (exact) mass is 547 g/mol. The maximum Gasteiger partial charge on any atom is 0.338 e. The minimum atomic E-state index is -4.10. The standard InChI is InChI=1S/C26H26ClNO6S2/c1-3-28(36(31,32)24-11-7-5-9-22(24)27)25(29)18-34-20-14-12-19(13-15-20)16-17-35-23-10-6-4-8-21(23)26(30)33-2/h4-15H,3,16-18H2,1-2H3. The van der Waals surface area contributed by atoms with E-state index in [1.165, 1.54) is 19.2 Å². The lowest BCUT2D eigenvalue weighted by molar-refractivity contribution is -0.128. The Labute approximate surface area is 220 Å². The molecule has 0 fully saturated rings. The summed E-state index contributed by atoms with van der Waals surface area (Å²) in [7, 11) is -2.74. The molecule has 0 saturated carbocycles. The highest BCUT2D eigenvalue weighted by atomic mass is 35.5. The molecule has 7 nitrogen and oxygen atoms in total. The highest BCUT2D eigenvalue weighted by molar-refractivity contribution is 7.99. The molecule has 190 valence electrons. The number of halogens is 1. The first-order valence-electron chi connectivity index (χ1n) is 11.1. The van der Waals surface area contributed by atoms with Crippen LogP contribution in [0.25, 0.3) is 0 Å². The molecule has 36 heavy (non-hydrogen) atoms. The molecule has 0 bridgehead atoms. The highest BCUT2D eigenvalue weighted by Crippen LogP contribution is 2.26. The van der Waals surface area contributed by atoms with Crippen LogP contribution >= 0.6 is 23.4 Å². The maximum atomic E-state index is 12.9. The zero-order valence-corrected chi connectivity index (χ0v) is 22.2. The fraction of sp³-hybridized carbons (Fsp3) is 0.231. The van der Waals surface area contributed by atoms with Crippen molar-refractivity contribution in [3.05, 3.63) is 88.9 Å². The van der Waals surface area contributed by atoms with E-state index in [-0.39, 0.29) is 22.4 Å². The number of aryl methyl sites for hydroxylation is 1. The molecular formula is C26H26ClNO6S2. The zero-order valence-electron chi connectivity index (χ0n) is 19.8. The van der Waals surface area contributed by atoms with Crippen molar-refractivity contribution in [2.45, 2.75) is 23.1 Å². The Morgan fingerprint density at radius 3 is 2.31 bits per heavy atom. The normalized spacial score (nSPS) is 11.1. The van der Waals surface area contributed by atoms with Crippen LogP contribution in [-0.4, -0.2) is 50.6 Å². The molecule has 0 spiro atoms. The van der Waals surface area contributed by atoms with Crippen LogP contribution in [0.3, 0.4) is 0 Å². The van der Waals surface area contributed by atoms with Gasteiger partial charge in [0, 0.05) is 17.2 Å². The van der Waals surface area contributed by atoms with Gasteiger partial charge in [-0.15, -0.1) is 11.8 Å². The number of hydrogen-bond acceptors (Lipinski definition) is 7. The van der Waals surface area contributed by atoms with Crippen LogP contribution in [-0.2, 0) is 26.0 Å². The van der Waals surface area contributed by atoms with Crippen LogP contribution < -0.4 is 4.74 Å². The Morgan fingerprint density at radius 2 is 1.64 bits per heavy atom. The van der Waals surface area contributed by atoms with Crippen molar-refractivity contribution in [2.75, 3.05) is 26.0 Å². The second-order valence-electron chi connectivity index (χ2n) is 7.51.